The largest absolute Gasteiger partial charge is 0.451 e. The molecule has 1 fully saturated rings. The molecule has 0 unspecified atom stereocenters. The Labute approximate surface area is 185 Å². The van der Waals surface area contributed by atoms with Gasteiger partial charge in [0.1, 0.15) is 5.58 Å². The third kappa shape index (κ3) is 4.50. The van der Waals surface area contributed by atoms with Gasteiger partial charge in [0.2, 0.25) is 0 Å². The fraction of sp³-hybridized carbons (Fsp3) is 0.318. The van der Waals surface area contributed by atoms with E-state index in [4.69, 9.17) is 4.42 Å². The van der Waals surface area contributed by atoms with Crippen LogP contribution in [0.1, 0.15) is 48.2 Å². The third-order valence-corrected chi connectivity index (χ3v) is 7.65. The van der Waals surface area contributed by atoms with Gasteiger partial charge in [-0.05, 0) is 53.0 Å². The van der Waals surface area contributed by atoms with Crippen LogP contribution >= 0.6 is 43.6 Å². The van der Waals surface area contributed by atoms with Gasteiger partial charge in [0.15, 0.2) is 5.76 Å². The highest BCUT2D eigenvalue weighted by atomic mass is 79.9. The van der Waals surface area contributed by atoms with Gasteiger partial charge in [0.05, 0.1) is 5.69 Å². The minimum Gasteiger partial charge on any atom is -0.451 e. The molecule has 1 heterocycles. The molecular formula is C22H21Br2NO2S. The first-order valence-corrected chi connectivity index (χ1v) is 12.1. The summed E-state index contributed by atoms with van der Waals surface area (Å²) in [5, 5.41) is 4.70. The SMILES string of the molecule is O=C(Nc1ccc(Br)cc1Br)c1oc2ccccc2c1CSC1CCCCC1. The van der Waals surface area contributed by atoms with E-state index in [-0.39, 0.29) is 5.91 Å². The van der Waals surface area contributed by atoms with Crippen LogP contribution in [-0.2, 0) is 5.75 Å². The molecule has 2 aromatic carbocycles. The van der Waals surface area contributed by atoms with Crippen LogP contribution in [0.3, 0.4) is 0 Å². The van der Waals surface area contributed by atoms with Crippen molar-refractivity contribution in [1.29, 1.82) is 0 Å². The lowest BCUT2D eigenvalue weighted by atomic mass is 10.0. The Morgan fingerprint density at radius 1 is 1.11 bits per heavy atom. The van der Waals surface area contributed by atoms with Crippen molar-refractivity contribution in [1.82, 2.24) is 0 Å². The zero-order valence-corrected chi connectivity index (χ0v) is 19.3. The lowest BCUT2D eigenvalue weighted by molar-refractivity contribution is 0.0997. The number of furan rings is 1. The fourth-order valence-corrected chi connectivity index (χ4v) is 6.13. The summed E-state index contributed by atoms with van der Waals surface area (Å²) in [6.07, 6.45) is 6.52. The number of amides is 1. The summed E-state index contributed by atoms with van der Waals surface area (Å²) < 4.78 is 7.76. The number of fused-ring (bicyclic) bond motifs is 1. The van der Waals surface area contributed by atoms with Crippen molar-refractivity contribution >= 4 is 66.2 Å². The summed E-state index contributed by atoms with van der Waals surface area (Å²) in [7, 11) is 0. The van der Waals surface area contributed by atoms with E-state index in [1.807, 2.05) is 54.2 Å². The summed E-state index contributed by atoms with van der Waals surface area (Å²) in [5.74, 6) is 1.00. The van der Waals surface area contributed by atoms with Gasteiger partial charge in [-0.1, -0.05) is 53.4 Å². The molecule has 0 aliphatic heterocycles. The van der Waals surface area contributed by atoms with Crippen LogP contribution in [0, 0.1) is 0 Å². The Hall–Kier alpha value is -1.24. The number of nitrogens with one attached hydrogen (secondary N) is 1. The molecule has 0 radical (unpaired) electrons. The van der Waals surface area contributed by atoms with Gasteiger partial charge in [-0.2, -0.15) is 11.8 Å². The Balaban J connectivity index is 1.60. The number of hydrogen-bond donors (Lipinski definition) is 1. The summed E-state index contributed by atoms with van der Waals surface area (Å²) in [6, 6.07) is 13.6. The molecule has 0 bridgehead atoms. The highest BCUT2D eigenvalue weighted by Crippen LogP contribution is 2.35. The van der Waals surface area contributed by atoms with Crippen LogP contribution in [0.25, 0.3) is 11.0 Å². The van der Waals surface area contributed by atoms with Crippen molar-refractivity contribution in [2.24, 2.45) is 0 Å². The van der Waals surface area contributed by atoms with Gasteiger partial charge in [-0.25, -0.2) is 0 Å². The Bertz CT molecular complexity index is 995. The van der Waals surface area contributed by atoms with E-state index in [1.54, 1.807) is 0 Å². The van der Waals surface area contributed by atoms with E-state index >= 15 is 0 Å². The molecular weight excluding hydrogens is 502 g/mol. The van der Waals surface area contributed by atoms with Gasteiger partial charge < -0.3 is 9.73 Å². The Morgan fingerprint density at radius 3 is 2.68 bits per heavy atom. The molecule has 1 saturated carbocycles. The molecule has 0 spiro atoms. The van der Waals surface area contributed by atoms with Gasteiger partial charge in [-0.15, -0.1) is 0 Å². The van der Waals surface area contributed by atoms with Crippen LogP contribution in [0.5, 0.6) is 0 Å². The zero-order chi connectivity index (χ0) is 19.5. The topological polar surface area (TPSA) is 42.2 Å². The summed E-state index contributed by atoms with van der Waals surface area (Å²) >= 11 is 8.90. The monoisotopic (exact) mass is 521 g/mol. The van der Waals surface area contributed by atoms with Crippen LogP contribution in [0.4, 0.5) is 5.69 Å². The number of halogens is 2. The summed E-state index contributed by atoms with van der Waals surface area (Å²) in [4.78, 5) is 13.0. The molecule has 0 saturated heterocycles. The van der Waals surface area contributed by atoms with E-state index in [2.05, 4.69) is 37.2 Å². The van der Waals surface area contributed by atoms with E-state index in [1.165, 1.54) is 32.1 Å². The third-order valence-electron chi connectivity index (χ3n) is 5.10. The predicted octanol–water partition coefficient (Wildman–Crippen LogP) is 7.78. The smallest absolute Gasteiger partial charge is 0.291 e. The zero-order valence-electron chi connectivity index (χ0n) is 15.3. The highest BCUT2D eigenvalue weighted by molar-refractivity contribution is 9.11. The van der Waals surface area contributed by atoms with E-state index in [0.29, 0.717) is 11.0 Å². The molecule has 1 aliphatic rings. The second-order valence-corrected chi connectivity index (χ2v) is 10.1. The maximum Gasteiger partial charge on any atom is 0.291 e. The maximum absolute atomic E-state index is 13.0. The summed E-state index contributed by atoms with van der Waals surface area (Å²) in [5.41, 5.74) is 2.48. The van der Waals surface area contributed by atoms with Crippen LogP contribution < -0.4 is 5.32 Å². The number of carbonyl (C=O) groups is 1. The van der Waals surface area contributed by atoms with Crippen LogP contribution in [0.2, 0.25) is 0 Å². The van der Waals surface area contributed by atoms with Gasteiger partial charge in [0, 0.05) is 30.9 Å². The minimum atomic E-state index is -0.210. The number of anilines is 1. The second-order valence-electron chi connectivity index (χ2n) is 7.06. The first kappa shape index (κ1) is 20.0. The van der Waals surface area contributed by atoms with E-state index in [0.717, 1.165) is 36.9 Å². The number of thioether (sulfide) groups is 1. The number of para-hydroxylation sites is 1. The number of carbonyl (C=O) groups excluding carboxylic acids is 1. The van der Waals surface area contributed by atoms with E-state index in [9.17, 15) is 4.79 Å². The molecule has 1 N–H and O–H groups in total. The van der Waals surface area contributed by atoms with Crippen LogP contribution in [0.15, 0.2) is 55.8 Å². The molecule has 0 atom stereocenters. The molecule has 3 aromatic rings. The van der Waals surface area contributed by atoms with Crippen molar-refractivity contribution in [3.63, 3.8) is 0 Å². The first-order valence-electron chi connectivity index (χ1n) is 9.50. The molecule has 1 amide bonds. The maximum atomic E-state index is 13.0. The number of rotatable bonds is 5. The molecule has 3 nitrogen and oxygen atoms in total. The first-order chi connectivity index (χ1) is 13.6. The van der Waals surface area contributed by atoms with Crippen molar-refractivity contribution in [3.05, 3.63) is 62.7 Å². The average Bonchev–Trinajstić information content (AvgIpc) is 3.08. The van der Waals surface area contributed by atoms with Crippen LogP contribution in [-0.4, -0.2) is 11.2 Å². The lowest BCUT2D eigenvalue weighted by Crippen LogP contribution is -2.14. The predicted molar refractivity (Wildman–Crippen MR) is 124 cm³/mol. The second kappa shape index (κ2) is 9.06. The van der Waals surface area contributed by atoms with E-state index < -0.39 is 0 Å². The average molecular weight is 523 g/mol. The van der Waals surface area contributed by atoms with Crippen molar-refractivity contribution < 1.29 is 9.21 Å². The van der Waals surface area contributed by atoms with Gasteiger partial charge >= 0.3 is 0 Å². The molecule has 6 heteroatoms. The fourth-order valence-electron chi connectivity index (χ4n) is 3.63. The Kier molecular flexibility index (Phi) is 6.48. The van der Waals surface area contributed by atoms with Crippen molar-refractivity contribution in [2.45, 2.75) is 43.1 Å². The van der Waals surface area contributed by atoms with Crippen molar-refractivity contribution in [2.75, 3.05) is 5.32 Å². The Morgan fingerprint density at radius 2 is 1.89 bits per heavy atom. The van der Waals surface area contributed by atoms with Gasteiger partial charge in [-0.3, -0.25) is 4.79 Å². The standard InChI is InChI=1S/C22H21Br2NO2S/c23-14-10-11-19(18(24)12-14)25-22(26)21-17(13-28-15-6-2-1-3-7-15)16-8-4-5-9-20(16)27-21/h4-5,8-12,15H,1-3,6-7,13H2,(H,25,26). The van der Waals surface area contributed by atoms with Crippen molar-refractivity contribution in [3.8, 4) is 0 Å². The molecule has 146 valence electrons. The quantitative estimate of drug-likeness (QED) is 0.372. The minimum absolute atomic E-state index is 0.210. The normalized spacial score (nSPS) is 15.1. The molecule has 28 heavy (non-hydrogen) atoms. The molecule has 1 aliphatic carbocycles. The summed E-state index contributed by atoms with van der Waals surface area (Å²) in [6.45, 7) is 0. The lowest BCUT2D eigenvalue weighted by Gasteiger charge is -2.20. The number of benzene rings is 2. The number of hydrogen-bond acceptors (Lipinski definition) is 3. The highest BCUT2D eigenvalue weighted by Gasteiger charge is 2.23. The van der Waals surface area contributed by atoms with Gasteiger partial charge in [0.25, 0.3) is 5.91 Å². The molecule has 1 aromatic heterocycles. The molecule has 4 rings (SSSR count).